The van der Waals surface area contributed by atoms with Crippen molar-refractivity contribution in [2.24, 2.45) is 0 Å². The van der Waals surface area contributed by atoms with Gasteiger partial charge in [0.2, 0.25) is 11.7 Å². The SMILES string of the molecule is Cc1nn(Cc2ccccc2)c(Cl)c1C(=O)N1CCN(C(C)c2nc(-c3ccccc3)no2)CC1. The number of benzene rings is 2. The molecule has 4 aromatic rings. The Kier molecular flexibility index (Phi) is 6.66. The van der Waals surface area contributed by atoms with Gasteiger partial charge in [-0.1, -0.05) is 77.4 Å². The van der Waals surface area contributed by atoms with E-state index in [1.54, 1.807) is 4.68 Å². The number of aryl methyl sites for hydroxylation is 1. The zero-order chi connectivity index (χ0) is 24.4. The molecule has 35 heavy (non-hydrogen) atoms. The van der Waals surface area contributed by atoms with Crippen molar-refractivity contribution >= 4 is 17.5 Å². The van der Waals surface area contributed by atoms with Crippen molar-refractivity contribution in [3.05, 3.63) is 88.5 Å². The third-order valence-corrected chi connectivity index (χ3v) is 6.82. The second kappa shape index (κ2) is 10.0. The Morgan fingerprint density at radius 3 is 2.37 bits per heavy atom. The van der Waals surface area contributed by atoms with Crippen LogP contribution in [0.3, 0.4) is 0 Å². The highest BCUT2D eigenvalue weighted by atomic mass is 35.5. The highest BCUT2D eigenvalue weighted by Gasteiger charge is 2.31. The molecule has 1 aliphatic heterocycles. The molecule has 5 rings (SSSR count). The first-order valence-corrected chi connectivity index (χ1v) is 12.1. The molecule has 0 N–H and O–H groups in total. The van der Waals surface area contributed by atoms with Gasteiger partial charge in [0.15, 0.2) is 0 Å². The van der Waals surface area contributed by atoms with Gasteiger partial charge in [-0.25, -0.2) is 4.68 Å². The molecule has 0 radical (unpaired) electrons. The second-order valence-corrected chi connectivity index (χ2v) is 9.08. The van der Waals surface area contributed by atoms with Gasteiger partial charge in [-0.15, -0.1) is 0 Å². The van der Waals surface area contributed by atoms with Gasteiger partial charge >= 0.3 is 0 Å². The van der Waals surface area contributed by atoms with E-state index in [1.165, 1.54) is 0 Å². The number of carbonyl (C=O) groups excluding carboxylic acids is 1. The van der Waals surface area contributed by atoms with Gasteiger partial charge in [0, 0.05) is 31.7 Å². The summed E-state index contributed by atoms with van der Waals surface area (Å²) in [6.07, 6.45) is 0. The fraction of sp³-hybridized carbons (Fsp3) is 0.308. The van der Waals surface area contributed by atoms with Gasteiger partial charge in [-0.3, -0.25) is 9.69 Å². The zero-order valence-corrected chi connectivity index (χ0v) is 20.5. The molecule has 3 heterocycles. The average Bonchev–Trinajstić information content (AvgIpc) is 3.49. The third kappa shape index (κ3) is 4.85. The monoisotopic (exact) mass is 490 g/mol. The minimum absolute atomic E-state index is 0.0452. The number of hydrogen-bond donors (Lipinski definition) is 0. The highest BCUT2D eigenvalue weighted by molar-refractivity contribution is 6.33. The number of nitrogens with zero attached hydrogens (tertiary/aromatic N) is 6. The van der Waals surface area contributed by atoms with Crippen molar-refractivity contribution in [1.82, 2.24) is 29.7 Å². The Labute approximate surface area is 209 Å². The molecule has 1 saturated heterocycles. The van der Waals surface area contributed by atoms with Crippen LogP contribution in [0, 0.1) is 6.92 Å². The van der Waals surface area contributed by atoms with E-state index < -0.39 is 0 Å². The van der Waals surface area contributed by atoms with Crippen LogP contribution < -0.4 is 0 Å². The molecular weight excluding hydrogens is 464 g/mol. The van der Waals surface area contributed by atoms with E-state index in [4.69, 9.17) is 16.1 Å². The maximum absolute atomic E-state index is 13.3. The van der Waals surface area contributed by atoms with Gasteiger partial charge in [0.05, 0.1) is 23.8 Å². The van der Waals surface area contributed by atoms with Crippen LogP contribution in [0.5, 0.6) is 0 Å². The van der Waals surface area contributed by atoms with Crippen molar-refractivity contribution < 1.29 is 9.32 Å². The van der Waals surface area contributed by atoms with Gasteiger partial charge in [0.25, 0.3) is 5.91 Å². The minimum Gasteiger partial charge on any atom is -0.337 e. The second-order valence-electron chi connectivity index (χ2n) is 8.72. The maximum Gasteiger partial charge on any atom is 0.258 e. The standard InChI is InChI=1S/C26H27ClN6O2/c1-18-22(23(27)33(29-18)17-20-9-5-3-6-10-20)26(34)32-15-13-31(14-16-32)19(2)25-28-24(30-35-25)21-11-7-4-8-12-21/h3-12,19H,13-17H2,1-2H3. The van der Waals surface area contributed by atoms with Gasteiger partial charge in [-0.2, -0.15) is 10.1 Å². The maximum atomic E-state index is 13.3. The molecule has 0 spiro atoms. The molecule has 9 heteroatoms. The summed E-state index contributed by atoms with van der Waals surface area (Å²) in [6, 6.07) is 19.7. The summed E-state index contributed by atoms with van der Waals surface area (Å²) in [7, 11) is 0. The van der Waals surface area contributed by atoms with Crippen molar-refractivity contribution in [3.8, 4) is 11.4 Å². The molecule has 1 fully saturated rings. The fourth-order valence-electron chi connectivity index (χ4n) is 4.39. The van der Waals surface area contributed by atoms with Crippen LogP contribution in [-0.2, 0) is 6.54 Å². The molecule has 1 atom stereocenters. The zero-order valence-electron chi connectivity index (χ0n) is 19.8. The minimum atomic E-state index is -0.0803. The molecular formula is C26H27ClN6O2. The summed E-state index contributed by atoms with van der Waals surface area (Å²) in [4.78, 5) is 22.0. The molecule has 8 nitrogen and oxygen atoms in total. The largest absolute Gasteiger partial charge is 0.337 e. The molecule has 0 saturated carbocycles. The van der Waals surface area contributed by atoms with E-state index in [-0.39, 0.29) is 11.9 Å². The Bertz CT molecular complexity index is 1300. The van der Waals surface area contributed by atoms with Crippen LogP contribution in [0.1, 0.15) is 40.5 Å². The number of rotatable bonds is 6. The van der Waals surface area contributed by atoms with E-state index in [9.17, 15) is 4.79 Å². The molecule has 2 aromatic carbocycles. The number of hydrogen-bond acceptors (Lipinski definition) is 6. The Hall–Kier alpha value is -3.49. The molecule has 1 unspecified atom stereocenters. The summed E-state index contributed by atoms with van der Waals surface area (Å²) in [5, 5.41) is 9.05. The normalized spacial score (nSPS) is 15.3. The summed E-state index contributed by atoms with van der Waals surface area (Å²) in [5.41, 5.74) is 3.12. The smallest absolute Gasteiger partial charge is 0.258 e. The van der Waals surface area contributed by atoms with Gasteiger partial charge in [0.1, 0.15) is 5.15 Å². The molecule has 1 amide bonds. The quantitative estimate of drug-likeness (QED) is 0.397. The van der Waals surface area contributed by atoms with Crippen LogP contribution in [-0.4, -0.2) is 61.8 Å². The van der Waals surface area contributed by atoms with Crippen LogP contribution in [0.2, 0.25) is 5.15 Å². The summed E-state index contributed by atoms with van der Waals surface area (Å²) < 4.78 is 7.24. The van der Waals surface area contributed by atoms with Crippen molar-refractivity contribution in [2.75, 3.05) is 26.2 Å². The topological polar surface area (TPSA) is 80.3 Å². The predicted octanol–water partition coefficient (Wildman–Crippen LogP) is 4.46. The average molecular weight is 491 g/mol. The first-order chi connectivity index (χ1) is 17.0. The van der Waals surface area contributed by atoms with Crippen molar-refractivity contribution in [3.63, 3.8) is 0 Å². The lowest BCUT2D eigenvalue weighted by molar-refractivity contribution is 0.0551. The van der Waals surface area contributed by atoms with E-state index in [0.717, 1.165) is 11.1 Å². The molecule has 0 bridgehead atoms. The van der Waals surface area contributed by atoms with E-state index in [2.05, 4.69) is 20.1 Å². The summed E-state index contributed by atoms with van der Waals surface area (Å²) >= 11 is 6.62. The molecule has 1 aliphatic rings. The number of carbonyl (C=O) groups is 1. The first kappa shape index (κ1) is 23.3. The number of halogens is 1. The van der Waals surface area contributed by atoms with E-state index in [0.29, 0.717) is 60.8 Å². The molecule has 0 aliphatic carbocycles. The molecule has 180 valence electrons. The number of amides is 1. The van der Waals surface area contributed by atoms with Crippen LogP contribution in [0.25, 0.3) is 11.4 Å². The van der Waals surface area contributed by atoms with Crippen molar-refractivity contribution in [1.29, 1.82) is 0 Å². The lowest BCUT2D eigenvalue weighted by Crippen LogP contribution is -2.49. The van der Waals surface area contributed by atoms with Crippen LogP contribution >= 0.6 is 11.6 Å². The number of piperazine rings is 1. The summed E-state index contributed by atoms with van der Waals surface area (Å²) in [5.74, 6) is 1.08. The highest BCUT2D eigenvalue weighted by Crippen LogP contribution is 2.26. The van der Waals surface area contributed by atoms with E-state index >= 15 is 0 Å². The van der Waals surface area contributed by atoms with Crippen molar-refractivity contribution in [2.45, 2.75) is 26.4 Å². The lowest BCUT2D eigenvalue weighted by atomic mass is 10.2. The fourth-order valence-corrected chi connectivity index (χ4v) is 4.71. The Morgan fingerprint density at radius 2 is 1.69 bits per heavy atom. The lowest BCUT2D eigenvalue weighted by Gasteiger charge is -2.36. The Balaban J connectivity index is 1.23. The van der Waals surface area contributed by atoms with Gasteiger partial charge in [-0.05, 0) is 19.4 Å². The van der Waals surface area contributed by atoms with Crippen LogP contribution in [0.15, 0.2) is 65.2 Å². The van der Waals surface area contributed by atoms with E-state index in [1.807, 2.05) is 79.4 Å². The predicted molar refractivity (Wildman–Crippen MR) is 133 cm³/mol. The molecule has 2 aromatic heterocycles. The summed E-state index contributed by atoms with van der Waals surface area (Å²) in [6.45, 7) is 6.97. The first-order valence-electron chi connectivity index (χ1n) is 11.7. The van der Waals surface area contributed by atoms with Crippen LogP contribution in [0.4, 0.5) is 0 Å². The van der Waals surface area contributed by atoms with Gasteiger partial charge < -0.3 is 9.42 Å². The third-order valence-electron chi connectivity index (χ3n) is 6.43. The Morgan fingerprint density at radius 1 is 1.03 bits per heavy atom. The number of aromatic nitrogens is 4.